The molecule has 0 aliphatic heterocycles. The lowest BCUT2D eigenvalue weighted by Gasteiger charge is -2.17. The van der Waals surface area contributed by atoms with Crippen LogP contribution in [0.2, 0.25) is 0 Å². The van der Waals surface area contributed by atoms with E-state index in [1.54, 1.807) is 25.3 Å². The van der Waals surface area contributed by atoms with Crippen LogP contribution in [-0.4, -0.2) is 19.7 Å². The van der Waals surface area contributed by atoms with Crippen molar-refractivity contribution in [3.8, 4) is 11.5 Å². The van der Waals surface area contributed by atoms with Crippen molar-refractivity contribution in [3.05, 3.63) is 52.5 Å². The SMILES string of the molecule is COc1ccc(NC(=O)N[C@@H](C)c2cccc(Br)c2)cc1OCCCC(C)C. The molecule has 0 heterocycles. The maximum Gasteiger partial charge on any atom is 0.319 e. The van der Waals surface area contributed by atoms with Crippen molar-refractivity contribution in [1.29, 1.82) is 0 Å². The van der Waals surface area contributed by atoms with E-state index in [1.807, 2.05) is 31.2 Å². The number of carbonyl (C=O) groups excluding carboxylic acids is 1. The zero-order valence-corrected chi connectivity index (χ0v) is 18.5. The van der Waals surface area contributed by atoms with Crippen LogP contribution in [0.5, 0.6) is 11.5 Å². The normalized spacial score (nSPS) is 11.8. The lowest BCUT2D eigenvalue weighted by molar-refractivity contribution is 0.249. The molecule has 28 heavy (non-hydrogen) atoms. The van der Waals surface area contributed by atoms with E-state index in [-0.39, 0.29) is 12.1 Å². The van der Waals surface area contributed by atoms with Gasteiger partial charge in [-0.1, -0.05) is 41.9 Å². The lowest BCUT2D eigenvalue weighted by Crippen LogP contribution is -2.31. The molecule has 152 valence electrons. The van der Waals surface area contributed by atoms with Crippen LogP contribution in [0.15, 0.2) is 46.9 Å². The largest absolute Gasteiger partial charge is 0.493 e. The predicted octanol–water partition coefficient (Wildman–Crippen LogP) is 6.16. The van der Waals surface area contributed by atoms with E-state index in [1.165, 1.54) is 0 Å². The summed E-state index contributed by atoms with van der Waals surface area (Å²) < 4.78 is 12.2. The van der Waals surface area contributed by atoms with Crippen molar-refractivity contribution >= 4 is 27.6 Å². The van der Waals surface area contributed by atoms with Crippen LogP contribution < -0.4 is 20.1 Å². The predicted molar refractivity (Wildman–Crippen MR) is 117 cm³/mol. The van der Waals surface area contributed by atoms with Crippen LogP contribution in [-0.2, 0) is 0 Å². The number of carbonyl (C=O) groups is 1. The molecule has 6 heteroatoms. The molecule has 0 aliphatic rings. The first-order valence-electron chi connectivity index (χ1n) is 9.53. The summed E-state index contributed by atoms with van der Waals surface area (Å²) in [7, 11) is 1.61. The van der Waals surface area contributed by atoms with Crippen molar-refractivity contribution in [2.45, 2.75) is 39.7 Å². The van der Waals surface area contributed by atoms with Crippen LogP contribution in [0.4, 0.5) is 10.5 Å². The number of methoxy groups -OCH3 is 1. The minimum Gasteiger partial charge on any atom is -0.493 e. The Morgan fingerprint density at radius 3 is 2.57 bits per heavy atom. The Morgan fingerprint density at radius 1 is 1.11 bits per heavy atom. The fraction of sp³-hybridized carbons (Fsp3) is 0.409. The first kappa shape index (κ1) is 22.1. The molecule has 0 aromatic heterocycles. The first-order valence-corrected chi connectivity index (χ1v) is 10.3. The van der Waals surface area contributed by atoms with Crippen LogP contribution in [0.25, 0.3) is 0 Å². The molecule has 0 radical (unpaired) electrons. The summed E-state index contributed by atoms with van der Waals surface area (Å²) in [4.78, 5) is 12.4. The molecule has 2 N–H and O–H groups in total. The van der Waals surface area contributed by atoms with Crippen LogP contribution in [0.3, 0.4) is 0 Å². The van der Waals surface area contributed by atoms with E-state index in [2.05, 4.69) is 40.4 Å². The second kappa shape index (κ2) is 11.0. The van der Waals surface area contributed by atoms with Gasteiger partial charge in [-0.05, 0) is 55.5 Å². The van der Waals surface area contributed by atoms with Gasteiger partial charge in [0.15, 0.2) is 11.5 Å². The molecule has 0 saturated heterocycles. The highest BCUT2D eigenvalue weighted by molar-refractivity contribution is 9.10. The van der Waals surface area contributed by atoms with Crippen molar-refractivity contribution in [2.24, 2.45) is 5.92 Å². The molecule has 2 rings (SSSR count). The summed E-state index contributed by atoms with van der Waals surface area (Å²) in [5.74, 6) is 1.93. The molecule has 0 unspecified atom stereocenters. The lowest BCUT2D eigenvalue weighted by atomic mass is 10.1. The Labute approximate surface area is 175 Å². The third-order valence-electron chi connectivity index (χ3n) is 4.30. The summed E-state index contributed by atoms with van der Waals surface area (Å²) in [5.41, 5.74) is 1.67. The number of urea groups is 1. The Hall–Kier alpha value is -2.21. The average molecular weight is 449 g/mol. The topological polar surface area (TPSA) is 59.6 Å². The quantitative estimate of drug-likeness (QED) is 0.451. The Kier molecular flexibility index (Phi) is 8.64. The van der Waals surface area contributed by atoms with E-state index in [4.69, 9.17) is 9.47 Å². The summed E-state index contributed by atoms with van der Waals surface area (Å²) in [6, 6.07) is 12.9. The molecule has 5 nitrogen and oxygen atoms in total. The van der Waals surface area contributed by atoms with E-state index in [0.717, 1.165) is 22.9 Å². The number of anilines is 1. The number of rotatable bonds is 9. The average Bonchev–Trinajstić information content (AvgIpc) is 2.65. The van der Waals surface area contributed by atoms with E-state index in [0.29, 0.717) is 29.7 Å². The van der Waals surface area contributed by atoms with Gasteiger partial charge in [-0.2, -0.15) is 0 Å². The zero-order valence-electron chi connectivity index (χ0n) is 16.9. The van der Waals surface area contributed by atoms with Crippen molar-refractivity contribution in [2.75, 3.05) is 19.0 Å². The molecule has 2 amide bonds. The Morgan fingerprint density at radius 2 is 1.89 bits per heavy atom. The molecular formula is C22H29BrN2O3. The van der Waals surface area contributed by atoms with Gasteiger partial charge in [0, 0.05) is 16.2 Å². The zero-order chi connectivity index (χ0) is 20.5. The fourth-order valence-corrected chi connectivity index (χ4v) is 3.18. The number of benzene rings is 2. The van der Waals surface area contributed by atoms with Crippen molar-refractivity contribution < 1.29 is 14.3 Å². The summed E-state index contributed by atoms with van der Waals surface area (Å²) in [5, 5.41) is 5.80. The van der Waals surface area contributed by atoms with Crippen LogP contribution in [0, 0.1) is 5.92 Å². The number of hydrogen-bond donors (Lipinski definition) is 2. The number of hydrogen-bond acceptors (Lipinski definition) is 3. The highest BCUT2D eigenvalue weighted by Gasteiger charge is 2.12. The van der Waals surface area contributed by atoms with Gasteiger partial charge < -0.3 is 20.1 Å². The molecule has 0 aliphatic carbocycles. The molecular weight excluding hydrogens is 420 g/mol. The highest BCUT2D eigenvalue weighted by Crippen LogP contribution is 2.30. The summed E-state index contributed by atoms with van der Waals surface area (Å²) in [6.07, 6.45) is 2.08. The Balaban J connectivity index is 1.96. The third-order valence-corrected chi connectivity index (χ3v) is 4.79. The number of amides is 2. The molecule has 2 aromatic carbocycles. The minimum atomic E-state index is -0.275. The number of nitrogens with one attached hydrogen (secondary N) is 2. The highest BCUT2D eigenvalue weighted by atomic mass is 79.9. The van der Waals surface area contributed by atoms with Gasteiger partial charge in [0.2, 0.25) is 0 Å². The maximum atomic E-state index is 12.4. The summed E-state index contributed by atoms with van der Waals surface area (Å²) in [6.45, 7) is 6.94. The van der Waals surface area contributed by atoms with Crippen LogP contribution in [0.1, 0.15) is 45.2 Å². The van der Waals surface area contributed by atoms with Crippen molar-refractivity contribution in [3.63, 3.8) is 0 Å². The maximum absolute atomic E-state index is 12.4. The van der Waals surface area contributed by atoms with Gasteiger partial charge in [-0.3, -0.25) is 0 Å². The van der Waals surface area contributed by atoms with Gasteiger partial charge >= 0.3 is 6.03 Å². The van der Waals surface area contributed by atoms with Crippen LogP contribution >= 0.6 is 15.9 Å². The van der Waals surface area contributed by atoms with E-state index >= 15 is 0 Å². The standard InChI is InChI=1S/C22H29BrN2O3/c1-15(2)7-6-12-28-21-14-19(10-11-20(21)27-4)25-22(26)24-16(3)17-8-5-9-18(23)13-17/h5,8-11,13-16H,6-7,12H2,1-4H3,(H2,24,25,26)/t16-/m0/s1. The molecule has 0 saturated carbocycles. The molecule has 0 bridgehead atoms. The third kappa shape index (κ3) is 7.08. The van der Waals surface area contributed by atoms with Gasteiger partial charge in [0.05, 0.1) is 19.8 Å². The van der Waals surface area contributed by atoms with Gasteiger partial charge in [-0.15, -0.1) is 0 Å². The number of halogens is 1. The van der Waals surface area contributed by atoms with Crippen molar-refractivity contribution in [1.82, 2.24) is 5.32 Å². The monoisotopic (exact) mass is 448 g/mol. The first-order chi connectivity index (χ1) is 13.4. The van der Waals surface area contributed by atoms with Gasteiger partial charge in [0.1, 0.15) is 0 Å². The fourth-order valence-electron chi connectivity index (χ4n) is 2.76. The van der Waals surface area contributed by atoms with Gasteiger partial charge in [0.25, 0.3) is 0 Å². The summed E-state index contributed by atoms with van der Waals surface area (Å²) >= 11 is 3.45. The smallest absolute Gasteiger partial charge is 0.319 e. The minimum absolute atomic E-state index is 0.123. The second-order valence-corrected chi connectivity index (χ2v) is 8.04. The Bertz CT molecular complexity index is 780. The number of ether oxygens (including phenoxy) is 2. The molecule has 0 fully saturated rings. The molecule has 2 aromatic rings. The molecule has 1 atom stereocenters. The van der Waals surface area contributed by atoms with Gasteiger partial charge in [-0.25, -0.2) is 4.79 Å². The van der Waals surface area contributed by atoms with E-state index in [9.17, 15) is 4.79 Å². The second-order valence-electron chi connectivity index (χ2n) is 7.13. The van der Waals surface area contributed by atoms with E-state index < -0.39 is 0 Å². The molecule has 0 spiro atoms.